The number of benzene rings is 2. The van der Waals surface area contributed by atoms with Gasteiger partial charge < -0.3 is 10.2 Å². The molecule has 1 aliphatic rings. The van der Waals surface area contributed by atoms with E-state index < -0.39 is 17.4 Å². The Kier molecular flexibility index (Phi) is 8.45. The van der Waals surface area contributed by atoms with Gasteiger partial charge in [0.25, 0.3) is 0 Å². The maximum atomic E-state index is 13.7. The first kappa shape index (κ1) is 25.4. The number of carbonyl (C=O) groups excluding carboxylic acids is 3. The standard InChI is InChI=1S/C27H35N3O4/c1-19(2)16-27(17-24(31)29-34)13-14-30(26(27)33)23(15-21-7-5-4-6-8-21)25(32)28-18-22-11-9-20(3)10-12-22/h4-12,19,23,34H,13-18H2,1-3H3,(H,28,32)(H,29,31)/t23-,27+/m0/s1. The molecule has 0 unspecified atom stereocenters. The van der Waals surface area contributed by atoms with E-state index in [4.69, 9.17) is 5.21 Å². The molecule has 182 valence electrons. The lowest BCUT2D eigenvalue weighted by Crippen LogP contribution is -2.51. The fraction of sp³-hybridized carbons (Fsp3) is 0.444. The van der Waals surface area contributed by atoms with E-state index in [1.54, 1.807) is 10.4 Å². The van der Waals surface area contributed by atoms with Crippen molar-refractivity contribution in [2.75, 3.05) is 6.54 Å². The van der Waals surface area contributed by atoms with Crippen LogP contribution in [0.4, 0.5) is 0 Å². The van der Waals surface area contributed by atoms with Gasteiger partial charge in [0.05, 0.1) is 5.41 Å². The number of likely N-dealkylation sites (tertiary alicyclic amines) is 1. The second-order valence-corrected chi connectivity index (χ2v) is 9.75. The lowest BCUT2D eigenvalue weighted by atomic mass is 9.75. The average molecular weight is 466 g/mol. The summed E-state index contributed by atoms with van der Waals surface area (Å²) in [5, 5.41) is 12.1. The largest absolute Gasteiger partial charge is 0.350 e. The van der Waals surface area contributed by atoms with Crippen molar-refractivity contribution in [3.05, 3.63) is 71.3 Å². The van der Waals surface area contributed by atoms with E-state index in [0.29, 0.717) is 32.4 Å². The molecule has 0 radical (unpaired) electrons. The van der Waals surface area contributed by atoms with Crippen LogP contribution in [-0.2, 0) is 27.3 Å². The summed E-state index contributed by atoms with van der Waals surface area (Å²) in [4.78, 5) is 40.9. The molecule has 1 aliphatic heterocycles. The van der Waals surface area contributed by atoms with Crippen LogP contribution < -0.4 is 10.8 Å². The molecule has 3 N–H and O–H groups in total. The molecule has 0 bridgehead atoms. The van der Waals surface area contributed by atoms with Crippen molar-refractivity contribution in [2.45, 2.75) is 59.0 Å². The lowest BCUT2D eigenvalue weighted by Gasteiger charge is -2.32. The highest BCUT2D eigenvalue weighted by molar-refractivity contribution is 5.94. The highest BCUT2D eigenvalue weighted by Crippen LogP contribution is 2.42. The zero-order valence-electron chi connectivity index (χ0n) is 20.2. The molecule has 2 aromatic rings. The van der Waals surface area contributed by atoms with Crippen molar-refractivity contribution in [1.29, 1.82) is 0 Å². The van der Waals surface area contributed by atoms with Gasteiger partial charge in [0.1, 0.15) is 6.04 Å². The maximum Gasteiger partial charge on any atom is 0.244 e. The Bertz CT molecular complexity index is 991. The Morgan fingerprint density at radius 3 is 2.35 bits per heavy atom. The van der Waals surface area contributed by atoms with Crippen LogP contribution in [-0.4, -0.2) is 40.4 Å². The number of amides is 3. The van der Waals surface area contributed by atoms with Crippen molar-refractivity contribution in [3.8, 4) is 0 Å². The van der Waals surface area contributed by atoms with E-state index in [2.05, 4.69) is 5.32 Å². The van der Waals surface area contributed by atoms with E-state index in [-0.39, 0.29) is 24.2 Å². The number of aryl methyl sites for hydroxylation is 1. The number of nitrogens with one attached hydrogen (secondary N) is 2. The monoisotopic (exact) mass is 465 g/mol. The third-order valence-corrected chi connectivity index (χ3v) is 6.51. The SMILES string of the molecule is Cc1ccc(CNC(=O)[C@H](Cc2ccccc2)N2CC[C@](CC(=O)NO)(CC(C)C)C2=O)cc1. The zero-order valence-corrected chi connectivity index (χ0v) is 20.2. The molecule has 1 saturated heterocycles. The molecule has 0 aromatic heterocycles. The van der Waals surface area contributed by atoms with Crippen LogP contribution in [0.5, 0.6) is 0 Å². The first-order chi connectivity index (χ1) is 16.2. The van der Waals surface area contributed by atoms with Crippen LogP contribution >= 0.6 is 0 Å². The molecule has 0 spiro atoms. The summed E-state index contributed by atoms with van der Waals surface area (Å²) in [5.74, 6) is -0.821. The first-order valence-corrected chi connectivity index (χ1v) is 11.9. The van der Waals surface area contributed by atoms with Gasteiger partial charge in [-0.1, -0.05) is 74.0 Å². The minimum Gasteiger partial charge on any atom is -0.350 e. The molecular weight excluding hydrogens is 430 g/mol. The van der Waals surface area contributed by atoms with E-state index in [1.165, 1.54) is 0 Å². The summed E-state index contributed by atoms with van der Waals surface area (Å²) in [6.07, 6.45) is 1.27. The highest BCUT2D eigenvalue weighted by atomic mass is 16.5. The van der Waals surface area contributed by atoms with Crippen molar-refractivity contribution in [2.24, 2.45) is 11.3 Å². The minimum absolute atomic E-state index is 0.0972. The van der Waals surface area contributed by atoms with Crippen LogP contribution in [0.2, 0.25) is 0 Å². The van der Waals surface area contributed by atoms with Gasteiger partial charge in [-0.05, 0) is 36.8 Å². The van der Waals surface area contributed by atoms with Crippen molar-refractivity contribution >= 4 is 17.7 Å². The number of carbonyl (C=O) groups is 3. The van der Waals surface area contributed by atoms with Gasteiger partial charge in [0, 0.05) is 25.9 Å². The average Bonchev–Trinajstić information content (AvgIpc) is 3.12. The number of hydrogen-bond donors (Lipinski definition) is 3. The van der Waals surface area contributed by atoms with Crippen LogP contribution in [0.15, 0.2) is 54.6 Å². The molecule has 1 fully saturated rings. The first-order valence-electron chi connectivity index (χ1n) is 11.9. The topological polar surface area (TPSA) is 98.7 Å². The lowest BCUT2D eigenvalue weighted by molar-refractivity contribution is -0.147. The third-order valence-electron chi connectivity index (χ3n) is 6.51. The summed E-state index contributed by atoms with van der Waals surface area (Å²) in [6, 6.07) is 16.9. The second kappa shape index (κ2) is 11.3. The predicted octanol–water partition coefficient (Wildman–Crippen LogP) is 3.38. The Hall–Kier alpha value is -3.19. The second-order valence-electron chi connectivity index (χ2n) is 9.75. The predicted molar refractivity (Wildman–Crippen MR) is 130 cm³/mol. The van der Waals surface area contributed by atoms with Gasteiger partial charge in [-0.25, -0.2) is 5.48 Å². The van der Waals surface area contributed by atoms with Gasteiger partial charge >= 0.3 is 0 Å². The fourth-order valence-corrected chi connectivity index (χ4v) is 4.89. The molecule has 7 heteroatoms. The summed E-state index contributed by atoms with van der Waals surface area (Å²) in [5.41, 5.74) is 3.84. The smallest absolute Gasteiger partial charge is 0.244 e. The molecule has 2 aromatic carbocycles. The molecule has 3 amide bonds. The summed E-state index contributed by atoms with van der Waals surface area (Å²) < 4.78 is 0. The van der Waals surface area contributed by atoms with E-state index >= 15 is 0 Å². The summed E-state index contributed by atoms with van der Waals surface area (Å²) >= 11 is 0. The van der Waals surface area contributed by atoms with E-state index in [0.717, 1.165) is 16.7 Å². The molecule has 0 saturated carbocycles. The Labute approximate surface area is 201 Å². The molecule has 1 heterocycles. The Balaban J connectivity index is 1.84. The van der Waals surface area contributed by atoms with Crippen LogP contribution in [0, 0.1) is 18.3 Å². The van der Waals surface area contributed by atoms with Crippen LogP contribution in [0.1, 0.15) is 49.8 Å². The molecule has 3 rings (SSSR count). The highest BCUT2D eigenvalue weighted by Gasteiger charge is 2.50. The number of hydroxylamine groups is 1. The Morgan fingerprint density at radius 2 is 1.74 bits per heavy atom. The van der Waals surface area contributed by atoms with Crippen molar-refractivity contribution < 1.29 is 19.6 Å². The van der Waals surface area contributed by atoms with Gasteiger partial charge in [0.2, 0.25) is 17.7 Å². The summed E-state index contributed by atoms with van der Waals surface area (Å²) in [7, 11) is 0. The molecule has 0 aliphatic carbocycles. The van der Waals surface area contributed by atoms with Crippen LogP contribution in [0.3, 0.4) is 0 Å². The Morgan fingerprint density at radius 1 is 1.06 bits per heavy atom. The molecular formula is C27H35N3O4. The zero-order chi connectivity index (χ0) is 24.7. The van der Waals surface area contributed by atoms with Crippen LogP contribution in [0.25, 0.3) is 0 Å². The number of hydrogen-bond acceptors (Lipinski definition) is 4. The van der Waals surface area contributed by atoms with Crippen molar-refractivity contribution in [3.63, 3.8) is 0 Å². The van der Waals surface area contributed by atoms with Gasteiger partial charge in [0.15, 0.2) is 0 Å². The van der Waals surface area contributed by atoms with E-state index in [9.17, 15) is 14.4 Å². The maximum absolute atomic E-state index is 13.7. The molecule has 7 nitrogen and oxygen atoms in total. The van der Waals surface area contributed by atoms with Gasteiger partial charge in [-0.2, -0.15) is 0 Å². The van der Waals surface area contributed by atoms with Gasteiger partial charge in [-0.3, -0.25) is 19.6 Å². The fourth-order valence-electron chi connectivity index (χ4n) is 4.89. The van der Waals surface area contributed by atoms with E-state index in [1.807, 2.05) is 75.4 Å². The number of rotatable bonds is 10. The quantitative estimate of drug-likeness (QED) is 0.370. The number of nitrogens with zero attached hydrogens (tertiary/aromatic N) is 1. The minimum atomic E-state index is -0.923. The normalized spacial score (nSPS) is 18.7. The van der Waals surface area contributed by atoms with Crippen molar-refractivity contribution in [1.82, 2.24) is 15.7 Å². The molecule has 2 atom stereocenters. The summed E-state index contributed by atoms with van der Waals surface area (Å²) in [6.45, 7) is 6.78. The van der Waals surface area contributed by atoms with Gasteiger partial charge in [-0.15, -0.1) is 0 Å². The molecule has 34 heavy (non-hydrogen) atoms. The third kappa shape index (κ3) is 6.23.